The van der Waals surface area contributed by atoms with Crippen molar-refractivity contribution in [1.82, 2.24) is 19.4 Å². The Hall–Kier alpha value is -3.29. The highest BCUT2D eigenvalue weighted by atomic mass is 28.3. The minimum atomic E-state index is -1.18. The van der Waals surface area contributed by atoms with Crippen molar-refractivity contribution >= 4 is 24.9 Å². The number of amides is 1. The molecule has 4 aromatic rings. The highest BCUT2D eigenvalue weighted by Gasteiger charge is 2.28. The van der Waals surface area contributed by atoms with E-state index in [0.29, 0.717) is 13.3 Å². The van der Waals surface area contributed by atoms with Gasteiger partial charge in [-0.1, -0.05) is 37.8 Å². The molecule has 0 fully saturated rings. The summed E-state index contributed by atoms with van der Waals surface area (Å²) >= 11 is 0. The normalized spacial score (nSPS) is 13.9. The Balaban J connectivity index is 1.52. The van der Waals surface area contributed by atoms with Gasteiger partial charge in [-0.3, -0.25) is 14.8 Å². The molecule has 1 aromatic carbocycles. The lowest BCUT2D eigenvalue weighted by atomic mass is 10.1. The van der Waals surface area contributed by atoms with Crippen LogP contribution in [-0.4, -0.2) is 53.6 Å². The number of hydrogen-bond acceptors (Lipinski definition) is 4. The van der Waals surface area contributed by atoms with Crippen LogP contribution in [0.25, 0.3) is 33.4 Å². The van der Waals surface area contributed by atoms with E-state index in [0.717, 1.165) is 63.7 Å². The molecule has 6 nitrogen and oxygen atoms in total. The van der Waals surface area contributed by atoms with Gasteiger partial charge >= 0.3 is 0 Å². The van der Waals surface area contributed by atoms with E-state index >= 15 is 0 Å². The summed E-state index contributed by atoms with van der Waals surface area (Å²) in [4.78, 5) is 24.0. The number of para-hydroxylation sites is 1. The lowest BCUT2D eigenvalue weighted by Crippen LogP contribution is -2.34. The lowest BCUT2D eigenvalue weighted by Gasteiger charge is -2.24. The topological polar surface area (TPSA) is 60.3 Å². The molecule has 0 N–H and O–H groups in total. The first-order valence-corrected chi connectivity index (χ1v) is 15.9. The molecule has 0 bridgehead atoms. The molecular formula is C28H32N4O2Si. The summed E-state index contributed by atoms with van der Waals surface area (Å²) in [6.45, 7) is 8.96. The quantitative estimate of drug-likeness (QED) is 0.249. The van der Waals surface area contributed by atoms with Crippen LogP contribution < -0.4 is 0 Å². The van der Waals surface area contributed by atoms with Crippen LogP contribution >= 0.6 is 0 Å². The van der Waals surface area contributed by atoms with E-state index in [4.69, 9.17) is 4.74 Å². The molecule has 0 saturated heterocycles. The number of benzene rings is 1. The zero-order valence-electron chi connectivity index (χ0n) is 20.9. The number of hydrogen-bond donors (Lipinski definition) is 0. The van der Waals surface area contributed by atoms with Crippen molar-refractivity contribution in [1.29, 1.82) is 0 Å². The van der Waals surface area contributed by atoms with Crippen LogP contribution in [0.3, 0.4) is 0 Å². The van der Waals surface area contributed by atoms with E-state index in [1.165, 1.54) is 0 Å². The number of rotatable bonds is 7. The summed E-state index contributed by atoms with van der Waals surface area (Å²) < 4.78 is 8.34. The predicted molar refractivity (Wildman–Crippen MR) is 143 cm³/mol. The number of ether oxygens (including phenoxy) is 1. The summed E-state index contributed by atoms with van der Waals surface area (Å²) in [7, 11) is 0.686. The van der Waals surface area contributed by atoms with E-state index in [9.17, 15) is 4.79 Å². The van der Waals surface area contributed by atoms with Gasteiger partial charge in [0.1, 0.15) is 6.73 Å². The molecule has 35 heavy (non-hydrogen) atoms. The first-order chi connectivity index (χ1) is 16.8. The summed E-state index contributed by atoms with van der Waals surface area (Å²) in [5.74, 6) is 0.0707. The third-order valence-electron chi connectivity index (χ3n) is 6.63. The Morgan fingerprint density at radius 2 is 1.86 bits per heavy atom. The molecule has 180 valence electrons. The van der Waals surface area contributed by atoms with Gasteiger partial charge in [-0.15, -0.1) is 0 Å². The van der Waals surface area contributed by atoms with Gasteiger partial charge < -0.3 is 14.2 Å². The van der Waals surface area contributed by atoms with Crippen molar-refractivity contribution in [3.8, 4) is 22.5 Å². The fourth-order valence-electron chi connectivity index (χ4n) is 4.50. The van der Waals surface area contributed by atoms with Crippen LogP contribution in [0.2, 0.25) is 25.7 Å². The third kappa shape index (κ3) is 4.92. The van der Waals surface area contributed by atoms with Crippen molar-refractivity contribution in [2.75, 3.05) is 20.2 Å². The zero-order valence-corrected chi connectivity index (χ0v) is 21.9. The number of pyridine rings is 2. The Morgan fingerprint density at radius 1 is 1.03 bits per heavy atom. The summed E-state index contributed by atoms with van der Waals surface area (Å²) in [6, 6.07) is 17.4. The Labute approximate surface area is 207 Å². The molecule has 7 heteroatoms. The van der Waals surface area contributed by atoms with E-state index < -0.39 is 8.07 Å². The van der Waals surface area contributed by atoms with Gasteiger partial charge in [-0.05, 0) is 36.4 Å². The van der Waals surface area contributed by atoms with Crippen LogP contribution in [0.15, 0.2) is 60.9 Å². The smallest absolute Gasteiger partial charge is 0.255 e. The lowest BCUT2D eigenvalue weighted by molar-refractivity contribution is 0.0753. The fraction of sp³-hybridized carbons (Fsp3) is 0.321. The molecule has 3 aromatic heterocycles. The average molecular weight is 485 g/mol. The molecule has 1 amide bonds. The first-order valence-electron chi connectivity index (χ1n) is 12.2. The average Bonchev–Trinajstić information content (AvgIpc) is 3.22. The predicted octanol–water partition coefficient (Wildman–Crippen LogP) is 5.71. The maximum atomic E-state index is 12.9. The second kappa shape index (κ2) is 9.39. The molecule has 5 rings (SSSR count). The molecule has 0 unspecified atom stereocenters. The van der Waals surface area contributed by atoms with Crippen molar-refractivity contribution in [3.63, 3.8) is 0 Å². The molecule has 0 radical (unpaired) electrons. The number of fused-ring (bicyclic) bond motifs is 2. The van der Waals surface area contributed by atoms with Crippen molar-refractivity contribution in [2.45, 2.75) is 38.8 Å². The minimum Gasteiger partial charge on any atom is -0.361 e. The number of carbonyl (C=O) groups excluding carboxylic acids is 1. The van der Waals surface area contributed by atoms with E-state index in [1.54, 1.807) is 4.90 Å². The molecule has 0 spiro atoms. The van der Waals surface area contributed by atoms with E-state index in [-0.39, 0.29) is 5.91 Å². The van der Waals surface area contributed by atoms with Crippen molar-refractivity contribution in [2.24, 2.45) is 0 Å². The Morgan fingerprint density at radius 3 is 2.69 bits per heavy atom. The van der Waals surface area contributed by atoms with Crippen LogP contribution in [-0.2, 0) is 17.9 Å². The standard InChI is InChI=1S/C28H32N4O2Si/c1-31-12-10-26-23(28(31)33)17-27(32(26)19-34-13-14-35(2,3)4)21-9-11-29-25(16-21)22-15-20-7-5-6-8-24(20)30-18-22/h5-9,11,15-18H,10,12-14,19H2,1-4H3. The van der Waals surface area contributed by atoms with Gasteiger partial charge in [-0.2, -0.15) is 0 Å². The van der Waals surface area contributed by atoms with E-state index in [1.807, 2.05) is 49.8 Å². The molecule has 0 atom stereocenters. The van der Waals surface area contributed by atoms with Crippen LogP contribution in [0.4, 0.5) is 0 Å². The number of aromatic nitrogens is 3. The largest absolute Gasteiger partial charge is 0.361 e. The zero-order chi connectivity index (χ0) is 24.6. The highest BCUT2D eigenvalue weighted by molar-refractivity contribution is 6.76. The molecular weight excluding hydrogens is 452 g/mol. The van der Waals surface area contributed by atoms with Gasteiger partial charge in [0.15, 0.2) is 0 Å². The van der Waals surface area contributed by atoms with Gasteiger partial charge in [0, 0.05) is 69.3 Å². The SMILES string of the molecule is CN1CCc2c(cc(-c3ccnc(-c4cnc5ccccc5c4)c3)n2COCC[Si](C)(C)C)C1=O. The van der Waals surface area contributed by atoms with Gasteiger partial charge in [0.25, 0.3) is 5.91 Å². The molecule has 0 saturated carbocycles. The molecule has 1 aliphatic heterocycles. The maximum Gasteiger partial charge on any atom is 0.255 e. The summed E-state index contributed by atoms with van der Waals surface area (Å²) in [5.41, 5.74) is 6.62. The van der Waals surface area contributed by atoms with Crippen molar-refractivity contribution in [3.05, 3.63) is 72.2 Å². The van der Waals surface area contributed by atoms with Crippen LogP contribution in [0.5, 0.6) is 0 Å². The molecule has 0 aliphatic carbocycles. The highest BCUT2D eigenvalue weighted by Crippen LogP contribution is 2.32. The first kappa shape index (κ1) is 23.4. The maximum absolute atomic E-state index is 12.9. The van der Waals surface area contributed by atoms with Crippen LogP contribution in [0, 0.1) is 0 Å². The monoisotopic (exact) mass is 484 g/mol. The van der Waals surface area contributed by atoms with E-state index in [2.05, 4.69) is 52.4 Å². The van der Waals surface area contributed by atoms with Gasteiger partial charge in [0.05, 0.1) is 22.5 Å². The number of likely N-dealkylation sites (N-methyl/N-ethyl adjacent to an activating group) is 1. The van der Waals surface area contributed by atoms with Crippen molar-refractivity contribution < 1.29 is 9.53 Å². The third-order valence-corrected chi connectivity index (χ3v) is 8.33. The Kier molecular flexibility index (Phi) is 6.29. The second-order valence-electron chi connectivity index (χ2n) is 10.5. The minimum absolute atomic E-state index is 0.0707. The Bertz CT molecular complexity index is 1390. The van der Waals surface area contributed by atoms with Crippen LogP contribution in [0.1, 0.15) is 16.1 Å². The second-order valence-corrected chi connectivity index (χ2v) is 16.1. The number of nitrogens with zero attached hydrogens (tertiary/aromatic N) is 4. The molecule has 1 aliphatic rings. The van der Waals surface area contributed by atoms with Gasteiger partial charge in [-0.25, -0.2) is 0 Å². The number of carbonyl (C=O) groups is 1. The fourth-order valence-corrected chi connectivity index (χ4v) is 5.26. The molecule has 4 heterocycles. The summed E-state index contributed by atoms with van der Waals surface area (Å²) in [5, 5.41) is 1.08. The van der Waals surface area contributed by atoms with Gasteiger partial charge in [0.2, 0.25) is 0 Å². The summed E-state index contributed by atoms with van der Waals surface area (Å²) in [6.07, 6.45) is 4.52.